The van der Waals surface area contributed by atoms with Crippen molar-refractivity contribution in [2.45, 2.75) is 51.1 Å². The van der Waals surface area contributed by atoms with Gasteiger partial charge in [-0.05, 0) is 39.0 Å². The number of pyridine rings is 1. The van der Waals surface area contributed by atoms with Crippen LogP contribution in [0.3, 0.4) is 0 Å². The maximum absolute atomic E-state index is 14.2. The maximum Gasteiger partial charge on any atom is 0.146 e. The first-order chi connectivity index (χ1) is 9.69. The van der Waals surface area contributed by atoms with E-state index in [2.05, 4.69) is 29.0 Å². The van der Waals surface area contributed by atoms with E-state index in [1.807, 2.05) is 13.1 Å². The van der Waals surface area contributed by atoms with Gasteiger partial charge in [0.15, 0.2) is 0 Å². The largest absolute Gasteiger partial charge is 0.311 e. The Labute approximate surface area is 121 Å². The molecule has 0 aromatic carbocycles. The van der Waals surface area contributed by atoms with E-state index in [-0.39, 0.29) is 17.4 Å². The van der Waals surface area contributed by atoms with Gasteiger partial charge in [-0.1, -0.05) is 26.7 Å². The zero-order valence-electron chi connectivity index (χ0n) is 12.8. The van der Waals surface area contributed by atoms with Crippen LogP contribution in [0.5, 0.6) is 0 Å². The van der Waals surface area contributed by atoms with Gasteiger partial charge in [0.25, 0.3) is 0 Å². The van der Waals surface area contributed by atoms with Crippen LogP contribution in [0.1, 0.15) is 51.1 Å². The van der Waals surface area contributed by atoms with Crippen LogP contribution in [-0.2, 0) is 0 Å². The highest BCUT2D eigenvalue weighted by molar-refractivity contribution is 5.23. The van der Waals surface area contributed by atoms with E-state index in [4.69, 9.17) is 0 Å². The van der Waals surface area contributed by atoms with Crippen LogP contribution in [0.4, 0.5) is 4.39 Å². The molecule has 112 valence electrons. The first-order valence-corrected chi connectivity index (χ1v) is 7.71. The molecule has 0 spiro atoms. The molecule has 20 heavy (non-hydrogen) atoms. The molecule has 1 atom stereocenters. The van der Waals surface area contributed by atoms with Gasteiger partial charge in [-0.25, -0.2) is 4.39 Å². The molecule has 1 N–H and O–H groups in total. The lowest BCUT2D eigenvalue weighted by Crippen LogP contribution is -2.54. The predicted octanol–water partition coefficient (Wildman–Crippen LogP) is 3.14. The van der Waals surface area contributed by atoms with Crippen LogP contribution < -0.4 is 5.32 Å². The van der Waals surface area contributed by atoms with Gasteiger partial charge in [-0.15, -0.1) is 0 Å². The summed E-state index contributed by atoms with van der Waals surface area (Å²) in [5, 5.41) is 3.38. The minimum Gasteiger partial charge on any atom is -0.311 e. The maximum atomic E-state index is 14.2. The van der Waals surface area contributed by atoms with Gasteiger partial charge in [0.2, 0.25) is 0 Å². The molecule has 1 aliphatic rings. The number of halogens is 1. The summed E-state index contributed by atoms with van der Waals surface area (Å²) in [7, 11) is 1.94. The normalized spacial score (nSPS) is 19.4. The average molecular weight is 279 g/mol. The molecule has 0 saturated heterocycles. The fourth-order valence-corrected chi connectivity index (χ4v) is 3.96. The Morgan fingerprint density at radius 1 is 1.35 bits per heavy atom. The van der Waals surface area contributed by atoms with Crippen molar-refractivity contribution in [1.29, 1.82) is 0 Å². The highest BCUT2D eigenvalue weighted by Gasteiger charge is 2.45. The van der Waals surface area contributed by atoms with Crippen LogP contribution in [0, 0.1) is 5.82 Å². The number of hydrogen-bond donors (Lipinski definition) is 1. The van der Waals surface area contributed by atoms with Crippen molar-refractivity contribution in [3.8, 4) is 0 Å². The second-order valence-electron chi connectivity index (χ2n) is 5.60. The van der Waals surface area contributed by atoms with Gasteiger partial charge in [-0.2, -0.15) is 0 Å². The highest BCUT2D eigenvalue weighted by atomic mass is 19.1. The molecule has 1 aliphatic carbocycles. The first-order valence-electron chi connectivity index (χ1n) is 7.71. The molecule has 1 unspecified atom stereocenters. The van der Waals surface area contributed by atoms with Crippen LogP contribution in [0.2, 0.25) is 0 Å². The molecule has 1 aromatic heterocycles. The Morgan fingerprint density at radius 2 is 2.00 bits per heavy atom. The van der Waals surface area contributed by atoms with E-state index in [1.54, 1.807) is 6.20 Å². The van der Waals surface area contributed by atoms with E-state index in [0.29, 0.717) is 0 Å². The minimum absolute atomic E-state index is 0.0212. The summed E-state index contributed by atoms with van der Waals surface area (Å²) in [4.78, 5) is 6.38. The van der Waals surface area contributed by atoms with Crippen LogP contribution in [0.25, 0.3) is 0 Å². The Kier molecular flexibility index (Phi) is 5.11. The fourth-order valence-electron chi connectivity index (χ4n) is 3.96. The monoisotopic (exact) mass is 279 g/mol. The Bertz CT molecular complexity index is 425. The predicted molar refractivity (Wildman–Crippen MR) is 80.1 cm³/mol. The number of nitrogens with one attached hydrogen (secondary N) is 1. The molecular formula is C16H26FN3. The average Bonchev–Trinajstić information content (AvgIpc) is 2.93. The third-order valence-electron chi connectivity index (χ3n) is 4.80. The van der Waals surface area contributed by atoms with Crippen LogP contribution in [0.15, 0.2) is 18.5 Å². The van der Waals surface area contributed by atoms with Gasteiger partial charge in [0.1, 0.15) is 5.82 Å². The van der Waals surface area contributed by atoms with Crippen LogP contribution in [-0.4, -0.2) is 35.6 Å². The standard InChI is InChI=1S/C16H26FN3/c1-4-20(5-2)16(9-6-7-10-16)15(18-3)13-8-11-19-12-14(13)17/h8,11-12,15,18H,4-7,9-10H2,1-3H3. The third-order valence-corrected chi connectivity index (χ3v) is 4.80. The van der Waals surface area contributed by atoms with Gasteiger partial charge in [-0.3, -0.25) is 9.88 Å². The van der Waals surface area contributed by atoms with Gasteiger partial charge in [0, 0.05) is 17.3 Å². The first kappa shape index (κ1) is 15.4. The molecule has 0 bridgehead atoms. The van der Waals surface area contributed by atoms with Gasteiger partial charge in [0.05, 0.1) is 12.2 Å². The lowest BCUT2D eigenvalue weighted by molar-refractivity contribution is 0.0641. The molecule has 0 aliphatic heterocycles. The molecule has 3 nitrogen and oxygen atoms in total. The van der Waals surface area contributed by atoms with E-state index < -0.39 is 0 Å². The molecule has 0 radical (unpaired) electrons. The lowest BCUT2D eigenvalue weighted by Gasteiger charge is -2.46. The number of hydrogen-bond acceptors (Lipinski definition) is 3. The Balaban J connectivity index is 2.43. The number of nitrogens with zero attached hydrogens (tertiary/aromatic N) is 2. The van der Waals surface area contributed by atoms with Crippen molar-refractivity contribution < 1.29 is 4.39 Å². The molecule has 1 heterocycles. The fraction of sp³-hybridized carbons (Fsp3) is 0.688. The topological polar surface area (TPSA) is 28.2 Å². The molecule has 4 heteroatoms. The zero-order chi connectivity index (χ0) is 14.6. The summed E-state index contributed by atoms with van der Waals surface area (Å²) in [5.74, 6) is -0.203. The van der Waals surface area contributed by atoms with E-state index >= 15 is 0 Å². The summed E-state index contributed by atoms with van der Waals surface area (Å²) in [5.41, 5.74) is 0.775. The van der Waals surface area contributed by atoms with Gasteiger partial charge < -0.3 is 5.32 Å². The highest BCUT2D eigenvalue weighted by Crippen LogP contribution is 2.44. The van der Waals surface area contributed by atoms with Crippen molar-refractivity contribution in [1.82, 2.24) is 15.2 Å². The van der Waals surface area contributed by atoms with Gasteiger partial charge >= 0.3 is 0 Å². The quantitative estimate of drug-likeness (QED) is 0.867. The smallest absolute Gasteiger partial charge is 0.146 e. The Morgan fingerprint density at radius 3 is 2.50 bits per heavy atom. The lowest BCUT2D eigenvalue weighted by atomic mass is 9.82. The zero-order valence-corrected chi connectivity index (χ0v) is 12.8. The van der Waals surface area contributed by atoms with Crippen molar-refractivity contribution in [2.75, 3.05) is 20.1 Å². The Hall–Kier alpha value is -1.00. The second kappa shape index (κ2) is 6.64. The van der Waals surface area contributed by atoms with E-state index in [9.17, 15) is 4.39 Å². The molecule has 2 rings (SSSR count). The molecule has 0 amide bonds. The SMILES string of the molecule is CCN(CC)C1(C(NC)c2ccncc2F)CCCC1. The van der Waals surface area contributed by atoms with E-state index in [0.717, 1.165) is 31.5 Å². The summed E-state index contributed by atoms with van der Waals surface area (Å²) < 4.78 is 14.2. The summed E-state index contributed by atoms with van der Waals surface area (Å²) >= 11 is 0. The number of rotatable bonds is 6. The number of aromatic nitrogens is 1. The van der Waals surface area contributed by atoms with Crippen molar-refractivity contribution in [3.05, 3.63) is 29.8 Å². The summed E-state index contributed by atoms with van der Waals surface area (Å²) in [6.07, 6.45) is 7.71. The minimum atomic E-state index is -0.203. The summed E-state index contributed by atoms with van der Waals surface area (Å²) in [6, 6.07) is 1.84. The summed E-state index contributed by atoms with van der Waals surface area (Å²) in [6.45, 7) is 6.39. The van der Waals surface area contributed by atoms with Crippen LogP contribution >= 0.6 is 0 Å². The molecular weight excluding hydrogens is 253 g/mol. The van der Waals surface area contributed by atoms with Crippen molar-refractivity contribution >= 4 is 0 Å². The molecule has 1 fully saturated rings. The van der Waals surface area contributed by atoms with Crippen molar-refractivity contribution in [3.63, 3.8) is 0 Å². The molecule has 1 aromatic rings. The number of likely N-dealkylation sites (N-methyl/N-ethyl adjacent to an activating group) is 2. The van der Waals surface area contributed by atoms with E-state index in [1.165, 1.54) is 19.0 Å². The second-order valence-corrected chi connectivity index (χ2v) is 5.60. The molecule has 1 saturated carbocycles. The van der Waals surface area contributed by atoms with Crippen molar-refractivity contribution in [2.24, 2.45) is 0 Å². The third kappa shape index (κ3) is 2.59.